The molecule has 6 heteroatoms. The number of rotatable bonds is 6. The van der Waals surface area contributed by atoms with Gasteiger partial charge in [0, 0.05) is 27.9 Å². The molecule has 0 spiro atoms. The standard InChI is InChI=1S/C27H23N3O3/c1-16-2-5-20(27(33)29-22-9-10-22)14-24(16)19-8-11-23-21(13-19)15-28-30-26(23)18-6-3-17(4-7-18)12-25(31)32/h2-8,11,13-15,22H,9-10,12H2,1H3,(H,29,33)(H,31,32). The Balaban J connectivity index is 1.50. The summed E-state index contributed by atoms with van der Waals surface area (Å²) in [5.74, 6) is -0.886. The lowest BCUT2D eigenvalue weighted by molar-refractivity contribution is -0.136. The van der Waals surface area contributed by atoms with Gasteiger partial charge in [-0.2, -0.15) is 5.10 Å². The smallest absolute Gasteiger partial charge is 0.307 e. The summed E-state index contributed by atoms with van der Waals surface area (Å²) in [5, 5.41) is 22.5. The van der Waals surface area contributed by atoms with Crippen LogP contribution >= 0.6 is 0 Å². The van der Waals surface area contributed by atoms with Crippen LogP contribution in [0.15, 0.2) is 66.9 Å². The Morgan fingerprint density at radius 2 is 1.76 bits per heavy atom. The molecule has 0 bridgehead atoms. The maximum absolute atomic E-state index is 12.5. The average Bonchev–Trinajstić information content (AvgIpc) is 3.63. The number of carboxylic acid groups (broad SMARTS) is 1. The van der Waals surface area contributed by atoms with Gasteiger partial charge in [0.2, 0.25) is 0 Å². The lowest BCUT2D eigenvalue weighted by atomic mass is 9.95. The zero-order valence-corrected chi connectivity index (χ0v) is 18.2. The quantitative estimate of drug-likeness (QED) is 0.452. The molecule has 5 rings (SSSR count). The summed E-state index contributed by atoms with van der Waals surface area (Å²) in [6, 6.07) is 19.6. The fourth-order valence-corrected chi connectivity index (χ4v) is 3.99. The molecule has 0 radical (unpaired) electrons. The molecule has 1 fully saturated rings. The largest absolute Gasteiger partial charge is 0.481 e. The fraction of sp³-hybridized carbons (Fsp3) is 0.185. The maximum atomic E-state index is 12.5. The normalized spacial score (nSPS) is 13.1. The molecular formula is C27H23N3O3. The van der Waals surface area contributed by atoms with Gasteiger partial charge in [-0.25, -0.2) is 0 Å². The second-order valence-corrected chi connectivity index (χ2v) is 8.54. The predicted molar refractivity (Wildman–Crippen MR) is 127 cm³/mol. The average molecular weight is 437 g/mol. The first-order valence-electron chi connectivity index (χ1n) is 11.0. The van der Waals surface area contributed by atoms with Crippen LogP contribution in [-0.4, -0.2) is 33.2 Å². The molecule has 0 aliphatic heterocycles. The zero-order valence-electron chi connectivity index (χ0n) is 18.2. The van der Waals surface area contributed by atoms with E-state index in [-0.39, 0.29) is 12.3 Å². The minimum Gasteiger partial charge on any atom is -0.481 e. The van der Waals surface area contributed by atoms with E-state index in [9.17, 15) is 9.59 Å². The number of nitrogens with one attached hydrogen (secondary N) is 1. The number of carbonyl (C=O) groups is 2. The van der Waals surface area contributed by atoms with Crippen molar-refractivity contribution in [2.24, 2.45) is 0 Å². The molecule has 2 N–H and O–H groups in total. The van der Waals surface area contributed by atoms with E-state index in [2.05, 4.69) is 21.6 Å². The highest BCUT2D eigenvalue weighted by Crippen LogP contribution is 2.32. The molecule has 1 amide bonds. The van der Waals surface area contributed by atoms with Crippen LogP contribution < -0.4 is 5.32 Å². The number of amides is 1. The molecule has 0 unspecified atom stereocenters. The number of hydrogen-bond donors (Lipinski definition) is 2. The van der Waals surface area contributed by atoms with Gasteiger partial charge in [0.05, 0.1) is 12.6 Å². The van der Waals surface area contributed by atoms with Gasteiger partial charge in [-0.15, -0.1) is 5.10 Å². The van der Waals surface area contributed by atoms with Crippen molar-refractivity contribution in [2.75, 3.05) is 0 Å². The van der Waals surface area contributed by atoms with Crippen LogP contribution in [0.3, 0.4) is 0 Å². The Morgan fingerprint density at radius 3 is 2.48 bits per heavy atom. The van der Waals surface area contributed by atoms with E-state index in [0.717, 1.165) is 57.1 Å². The van der Waals surface area contributed by atoms with Crippen molar-refractivity contribution in [2.45, 2.75) is 32.2 Å². The van der Waals surface area contributed by atoms with Gasteiger partial charge in [0.25, 0.3) is 5.91 Å². The number of nitrogens with zero attached hydrogens (tertiary/aromatic N) is 2. The van der Waals surface area contributed by atoms with Crippen LogP contribution in [-0.2, 0) is 11.2 Å². The summed E-state index contributed by atoms with van der Waals surface area (Å²) in [7, 11) is 0. The number of carboxylic acids is 1. The third-order valence-electron chi connectivity index (χ3n) is 5.97. The maximum Gasteiger partial charge on any atom is 0.307 e. The zero-order chi connectivity index (χ0) is 22.9. The Morgan fingerprint density at radius 1 is 1.00 bits per heavy atom. The molecule has 1 saturated carbocycles. The van der Waals surface area contributed by atoms with Gasteiger partial charge < -0.3 is 10.4 Å². The first-order valence-corrected chi connectivity index (χ1v) is 11.0. The van der Waals surface area contributed by atoms with Crippen LogP contribution in [0.4, 0.5) is 0 Å². The summed E-state index contributed by atoms with van der Waals surface area (Å²) in [5.41, 5.74) is 6.14. The third kappa shape index (κ3) is 4.46. The van der Waals surface area contributed by atoms with Gasteiger partial charge in [0.15, 0.2) is 0 Å². The Hall–Kier alpha value is -4.06. The number of benzene rings is 3. The summed E-state index contributed by atoms with van der Waals surface area (Å²) in [6.07, 6.45) is 3.84. The van der Waals surface area contributed by atoms with Crippen LogP contribution in [0.25, 0.3) is 33.2 Å². The summed E-state index contributed by atoms with van der Waals surface area (Å²) in [6.45, 7) is 2.04. The Bertz CT molecular complexity index is 1380. The van der Waals surface area contributed by atoms with E-state index in [1.54, 1.807) is 18.3 Å². The van der Waals surface area contributed by atoms with E-state index in [1.165, 1.54) is 0 Å². The molecular weight excluding hydrogens is 414 g/mol. The van der Waals surface area contributed by atoms with Crippen LogP contribution in [0.2, 0.25) is 0 Å². The third-order valence-corrected chi connectivity index (χ3v) is 5.97. The van der Waals surface area contributed by atoms with E-state index in [1.807, 2.05) is 49.4 Å². The van der Waals surface area contributed by atoms with Crippen molar-refractivity contribution in [3.8, 4) is 22.4 Å². The molecule has 164 valence electrons. The predicted octanol–water partition coefficient (Wildman–Crippen LogP) is 4.79. The van der Waals surface area contributed by atoms with Gasteiger partial charge in [-0.1, -0.05) is 42.5 Å². The Labute approximate surface area is 191 Å². The van der Waals surface area contributed by atoms with E-state index >= 15 is 0 Å². The molecule has 3 aromatic carbocycles. The van der Waals surface area contributed by atoms with Crippen molar-refractivity contribution in [1.82, 2.24) is 15.5 Å². The molecule has 33 heavy (non-hydrogen) atoms. The number of carbonyl (C=O) groups excluding carboxylic acids is 1. The summed E-state index contributed by atoms with van der Waals surface area (Å²) in [4.78, 5) is 23.5. The molecule has 0 saturated heterocycles. The molecule has 0 atom stereocenters. The van der Waals surface area contributed by atoms with Gasteiger partial charge in [0.1, 0.15) is 5.69 Å². The van der Waals surface area contributed by atoms with E-state index in [4.69, 9.17) is 5.11 Å². The SMILES string of the molecule is Cc1ccc(C(=O)NC2CC2)cc1-c1ccc2c(-c3ccc(CC(=O)O)cc3)nncc2c1. The second-order valence-electron chi connectivity index (χ2n) is 8.54. The fourth-order valence-electron chi connectivity index (χ4n) is 3.99. The molecule has 1 aliphatic carbocycles. The van der Waals surface area contributed by atoms with Crippen LogP contribution in [0.5, 0.6) is 0 Å². The lowest BCUT2D eigenvalue weighted by Crippen LogP contribution is -2.25. The van der Waals surface area contributed by atoms with Crippen LogP contribution in [0, 0.1) is 6.92 Å². The molecule has 6 nitrogen and oxygen atoms in total. The van der Waals surface area contributed by atoms with Crippen molar-refractivity contribution in [3.63, 3.8) is 0 Å². The van der Waals surface area contributed by atoms with Gasteiger partial charge in [-0.3, -0.25) is 9.59 Å². The van der Waals surface area contributed by atoms with Crippen molar-refractivity contribution >= 4 is 22.6 Å². The highest BCUT2D eigenvalue weighted by atomic mass is 16.4. The highest BCUT2D eigenvalue weighted by Gasteiger charge is 2.24. The minimum absolute atomic E-state index is 0.0120. The van der Waals surface area contributed by atoms with E-state index < -0.39 is 5.97 Å². The van der Waals surface area contributed by atoms with Gasteiger partial charge in [-0.05, 0) is 60.2 Å². The lowest BCUT2D eigenvalue weighted by Gasteiger charge is -2.12. The molecule has 1 heterocycles. The first kappa shape index (κ1) is 20.8. The molecule has 1 aromatic heterocycles. The monoisotopic (exact) mass is 437 g/mol. The second kappa shape index (κ2) is 8.47. The van der Waals surface area contributed by atoms with Crippen molar-refractivity contribution in [1.29, 1.82) is 0 Å². The summed E-state index contributed by atoms with van der Waals surface area (Å²) >= 11 is 0. The minimum atomic E-state index is -0.857. The number of fused-ring (bicyclic) bond motifs is 1. The van der Waals surface area contributed by atoms with Crippen LogP contribution in [0.1, 0.15) is 34.3 Å². The van der Waals surface area contributed by atoms with E-state index in [0.29, 0.717) is 11.6 Å². The topological polar surface area (TPSA) is 92.2 Å². The highest BCUT2D eigenvalue weighted by molar-refractivity contribution is 5.98. The molecule has 4 aromatic rings. The van der Waals surface area contributed by atoms with Crippen molar-refractivity contribution < 1.29 is 14.7 Å². The summed E-state index contributed by atoms with van der Waals surface area (Å²) < 4.78 is 0. The number of aromatic nitrogens is 2. The Kier molecular flexibility index (Phi) is 5.34. The molecule has 1 aliphatic rings. The number of aliphatic carboxylic acids is 1. The number of aryl methyl sites for hydroxylation is 1. The van der Waals surface area contributed by atoms with Gasteiger partial charge >= 0.3 is 5.97 Å². The van der Waals surface area contributed by atoms with Crippen molar-refractivity contribution in [3.05, 3.63) is 83.6 Å². The number of hydrogen-bond acceptors (Lipinski definition) is 4. The first-order chi connectivity index (χ1) is 16.0.